The summed E-state index contributed by atoms with van der Waals surface area (Å²) in [6.45, 7) is 6.38. The average Bonchev–Trinajstić information content (AvgIpc) is 2.91. The highest BCUT2D eigenvalue weighted by atomic mass is 16.2. The first-order valence-corrected chi connectivity index (χ1v) is 12.4. The molecular formula is C30H35N3O. The first kappa shape index (κ1) is 23.7. The molecule has 0 saturated carbocycles. The predicted octanol–water partition coefficient (Wildman–Crippen LogP) is 6.69. The van der Waals surface area contributed by atoms with Crippen molar-refractivity contribution in [1.82, 2.24) is 4.90 Å². The third-order valence-electron chi connectivity index (χ3n) is 6.77. The minimum Gasteiger partial charge on any atom is -0.345 e. The molecule has 1 heterocycles. The third kappa shape index (κ3) is 5.22. The molecule has 1 aliphatic heterocycles. The molecule has 0 aliphatic carbocycles. The van der Waals surface area contributed by atoms with Crippen molar-refractivity contribution in [3.05, 3.63) is 95.6 Å². The molecule has 1 unspecified atom stereocenters. The van der Waals surface area contributed by atoms with Crippen LogP contribution < -0.4 is 4.90 Å². The highest BCUT2D eigenvalue weighted by Crippen LogP contribution is 2.33. The summed E-state index contributed by atoms with van der Waals surface area (Å²) in [5, 5.41) is 0. The van der Waals surface area contributed by atoms with E-state index in [-0.39, 0.29) is 11.8 Å². The van der Waals surface area contributed by atoms with Gasteiger partial charge >= 0.3 is 0 Å². The molecule has 4 heteroatoms. The van der Waals surface area contributed by atoms with Gasteiger partial charge in [-0.1, -0.05) is 42.5 Å². The SMILES string of the molecule is CCN(CC)C(=O)c1ccc(C(C2=NCCCC2)c2cccc(N(C)c3ccccc3)c2)cc1. The number of hydrogen-bond acceptors (Lipinski definition) is 3. The van der Waals surface area contributed by atoms with E-state index in [0.29, 0.717) is 0 Å². The topological polar surface area (TPSA) is 35.9 Å². The summed E-state index contributed by atoms with van der Waals surface area (Å²) in [6, 6.07) is 27.4. The summed E-state index contributed by atoms with van der Waals surface area (Å²) in [4.78, 5) is 21.8. The number of anilines is 2. The zero-order chi connectivity index (χ0) is 23.9. The van der Waals surface area contributed by atoms with Crippen LogP contribution in [0.15, 0.2) is 83.9 Å². The summed E-state index contributed by atoms with van der Waals surface area (Å²) in [5.74, 6) is 0.191. The molecule has 0 radical (unpaired) electrons. The van der Waals surface area contributed by atoms with Gasteiger partial charge in [0.2, 0.25) is 0 Å². The van der Waals surface area contributed by atoms with Gasteiger partial charge in [0.1, 0.15) is 0 Å². The Bertz CT molecular complexity index is 1120. The van der Waals surface area contributed by atoms with E-state index in [4.69, 9.17) is 4.99 Å². The minimum atomic E-state index is 0.0922. The van der Waals surface area contributed by atoms with Crippen molar-refractivity contribution >= 4 is 23.0 Å². The summed E-state index contributed by atoms with van der Waals surface area (Å²) >= 11 is 0. The van der Waals surface area contributed by atoms with Gasteiger partial charge in [0.15, 0.2) is 0 Å². The Morgan fingerprint density at radius 1 is 0.853 bits per heavy atom. The zero-order valence-electron chi connectivity index (χ0n) is 20.6. The lowest BCUT2D eigenvalue weighted by Crippen LogP contribution is -2.30. The van der Waals surface area contributed by atoms with Crippen LogP contribution in [0.5, 0.6) is 0 Å². The molecule has 0 fully saturated rings. The summed E-state index contributed by atoms with van der Waals surface area (Å²) < 4.78 is 0. The number of benzene rings is 3. The fourth-order valence-corrected chi connectivity index (χ4v) is 4.76. The molecule has 0 aromatic heterocycles. The number of carbonyl (C=O) groups is 1. The molecule has 1 atom stereocenters. The van der Waals surface area contributed by atoms with Gasteiger partial charge in [0.05, 0.1) is 0 Å². The van der Waals surface area contributed by atoms with Gasteiger partial charge in [-0.2, -0.15) is 0 Å². The molecule has 0 saturated heterocycles. The van der Waals surface area contributed by atoms with Crippen LogP contribution in [0.1, 0.15) is 60.5 Å². The lowest BCUT2D eigenvalue weighted by atomic mass is 9.83. The van der Waals surface area contributed by atoms with Gasteiger partial charge in [-0.25, -0.2) is 0 Å². The molecule has 176 valence electrons. The van der Waals surface area contributed by atoms with Gasteiger partial charge in [-0.05, 0) is 80.6 Å². The van der Waals surface area contributed by atoms with Crippen LogP contribution in [0.25, 0.3) is 0 Å². The first-order chi connectivity index (χ1) is 16.6. The van der Waals surface area contributed by atoms with E-state index < -0.39 is 0 Å². The molecule has 34 heavy (non-hydrogen) atoms. The Balaban J connectivity index is 1.69. The smallest absolute Gasteiger partial charge is 0.253 e. The standard InChI is InChI=1S/C30H35N3O/c1-4-33(5-2)30(34)24-19-17-23(18-20-24)29(28-16-9-10-21-31-28)25-12-11-15-27(22-25)32(3)26-13-7-6-8-14-26/h6-8,11-15,17-20,22,29H,4-5,9-10,16,21H2,1-3H3. The largest absolute Gasteiger partial charge is 0.345 e. The van der Waals surface area contributed by atoms with Crippen molar-refractivity contribution in [2.45, 2.75) is 39.0 Å². The van der Waals surface area contributed by atoms with E-state index in [1.807, 2.05) is 36.9 Å². The fraction of sp³-hybridized carbons (Fsp3) is 0.333. The molecule has 3 aromatic carbocycles. The highest BCUT2D eigenvalue weighted by molar-refractivity contribution is 5.96. The van der Waals surface area contributed by atoms with Crippen molar-refractivity contribution in [3.63, 3.8) is 0 Å². The Labute approximate surface area is 203 Å². The van der Waals surface area contributed by atoms with Crippen molar-refractivity contribution in [1.29, 1.82) is 0 Å². The molecule has 4 rings (SSSR count). The molecular weight excluding hydrogens is 418 g/mol. The van der Waals surface area contributed by atoms with Crippen LogP contribution >= 0.6 is 0 Å². The fourth-order valence-electron chi connectivity index (χ4n) is 4.76. The summed E-state index contributed by atoms with van der Waals surface area (Å²) in [6.07, 6.45) is 3.35. The average molecular weight is 454 g/mol. The van der Waals surface area contributed by atoms with E-state index in [9.17, 15) is 4.79 Å². The second-order valence-corrected chi connectivity index (χ2v) is 8.85. The Hall–Kier alpha value is -3.40. The van der Waals surface area contributed by atoms with Crippen molar-refractivity contribution in [3.8, 4) is 0 Å². The zero-order valence-corrected chi connectivity index (χ0v) is 20.6. The maximum atomic E-state index is 12.8. The van der Waals surface area contributed by atoms with Gasteiger partial charge in [-0.15, -0.1) is 0 Å². The van der Waals surface area contributed by atoms with Crippen LogP contribution in [0.2, 0.25) is 0 Å². The van der Waals surface area contributed by atoms with Crippen LogP contribution in [0.4, 0.5) is 11.4 Å². The van der Waals surface area contributed by atoms with Crippen LogP contribution in [-0.2, 0) is 0 Å². The van der Waals surface area contributed by atoms with Gasteiger partial charge < -0.3 is 9.80 Å². The van der Waals surface area contributed by atoms with E-state index in [1.54, 1.807) is 0 Å². The number of amides is 1. The molecule has 1 amide bonds. The maximum absolute atomic E-state index is 12.8. The van der Waals surface area contributed by atoms with Crippen molar-refractivity contribution < 1.29 is 4.79 Å². The monoisotopic (exact) mass is 453 g/mol. The van der Waals surface area contributed by atoms with Crippen molar-refractivity contribution in [2.75, 3.05) is 31.6 Å². The third-order valence-corrected chi connectivity index (χ3v) is 6.77. The van der Waals surface area contributed by atoms with Crippen LogP contribution in [-0.4, -0.2) is 43.2 Å². The number of carbonyl (C=O) groups excluding carboxylic acids is 1. The van der Waals surface area contributed by atoms with E-state index in [2.05, 4.69) is 72.6 Å². The Morgan fingerprint density at radius 2 is 1.56 bits per heavy atom. The number of aliphatic imine (C=N–C) groups is 1. The Morgan fingerprint density at radius 3 is 2.21 bits per heavy atom. The number of nitrogens with zero attached hydrogens (tertiary/aromatic N) is 3. The normalized spacial score (nSPS) is 14.3. The molecule has 1 aliphatic rings. The molecule has 0 bridgehead atoms. The van der Waals surface area contributed by atoms with Crippen LogP contribution in [0, 0.1) is 0 Å². The predicted molar refractivity (Wildman–Crippen MR) is 143 cm³/mol. The molecule has 0 spiro atoms. The van der Waals surface area contributed by atoms with E-state index in [1.165, 1.54) is 23.3 Å². The van der Waals surface area contributed by atoms with Crippen molar-refractivity contribution in [2.24, 2.45) is 4.99 Å². The summed E-state index contributed by atoms with van der Waals surface area (Å²) in [7, 11) is 2.11. The maximum Gasteiger partial charge on any atom is 0.253 e. The van der Waals surface area contributed by atoms with E-state index in [0.717, 1.165) is 49.4 Å². The quantitative estimate of drug-likeness (QED) is 0.381. The van der Waals surface area contributed by atoms with E-state index >= 15 is 0 Å². The molecule has 4 nitrogen and oxygen atoms in total. The lowest BCUT2D eigenvalue weighted by Gasteiger charge is -2.26. The lowest BCUT2D eigenvalue weighted by molar-refractivity contribution is 0.0773. The molecule has 0 N–H and O–H groups in total. The summed E-state index contributed by atoms with van der Waals surface area (Å²) in [5.41, 5.74) is 6.73. The number of hydrogen-bond donors (Lipinski definition) is 0. The van der Waals surface area contributed by atoms with Crippen LogP contribution in [0.3, 0.4) is 0 Å². The second kappa shape index (κ2) is 11.1. The number of rotatable bonds is 8. The first-order valence-electron chi connectivity index (χ1n) is 12.4. The van der Waals surface area contributed by atoms with Gasteiger partial charge in [0.25, 0.3) is 5.91 Å². The molecule has 3 aromatic rings. The minimum absolute atomic E-state index is 0.0922. The number of para-hydroxylation sites is 1. The second-order valence-electron chi connectivity index (χ2n) is 8.85. The Kier molecular flexibility index (Phi) is 7.79. The van der Waals surface area contributed by atoms with Gasteiger partial charge in [0, 0.05) is 55.2 Å². The highest BCUT2D eigenvalue weighted by Gasteiger charge is 2.23. The van der Waals surface area contributed by atoms with Gasteiger partial charge in [-0.3, -0.25) is 9.79 Å².